The molecule has 0 saturated carbocycles. The highest BCUT2D eigenvalue weighted by Crippen LogP contribution is 2.25. The minimum absolute atomic E-state index is 0.202. The molecule has 0 radical (unpaired) electrons. The molecule has 0 saturated heterocycles. The molecule has 0 spiro atoms. The Morgan fingerprint density at radius 3 is 2.45 bits per heavy atom. The van der Waals surface area contributed by atoms with Gasteiger partial charge < -0.3 is 9.47 Å². The first-order valence-electron chi connectivity index (χ1n) is 6.46. The smallest absolute Gasteiger partial charge is 0.288 e. The summed E-state index contributed by atoms with van der Waals surface area (Å²) < 4.78 is 10.4. The van der Waals surface area contributed by atoms with Gasteiger partial charge >= 0.3 is 0 Å². The summed E-state index contributed by atoms with van der Waals surface area (Å²) in [7, 11) is 1.51. The van der Waals surface area contributed by atoms with Crippen LogP contribution in [-0.2, 0) is 4.79 Å². The second-order valence-electron chi connectivity index (χ2n) is 4.16. The first-order chi connectivity index (χ1) is 10.7. The Kier molecular flexibility index (Phi) is 5.31. The Labute approximate surface area is 127 Å². The summed E-state index contributed by atoms with van der Waals surface area (Å²) in [6.07, 6.45) is 1.49. The van der Waals surface area contributed by atoms with Crippen molar-refractivity contribution >= 4 is 11.8 Å². The Hall–Kier alpha value is -3.09. The molecule has 1 heterocycles. The minimum Gasteiger partial charge on any atom is -0.493 e. The van der Waals surface area contributed by atoms with Crippen molar-refractivity contribution < 1.29 is 19.1 Å². The normalized spacial score (nSPS) is 9.68. The fourth-order valence-electron chi connectivity index (χ4n) is 1.61. The maximum Gasteiger partial charge on any atom is 0.288 e. The monoisotopic (exact) mass is 301 g/mol. The maximum absolute atomic E-state index is 11.7. The number of nitrogens with one attached hydrogen (secondary N) is 2. The summed E-state index contributed by atoms with van der Waals surface area (Å²) in [5, 5.41) is 0. The van der Waals surface area contributed by atoms with Crippen LogP contribution in [0, 0.1) is 0 Å². The molecule has 0 fully saturated rings. The highest BCUT2D eigenvalue weighted by Gasteiger charge is 2.09. The lowest BCUT2D eigenvalue weighted by molar-refractivity contribution is -0.123. The molecule has 1 aromatic heterocycles. The molecule has 22 heavy (non-hydrogen) atoms. The van der Waals surface area contributed by atoms with Gasteiger partial charge in [0.1, 0.15) is 5.69 Å². The van der Waals surface area contributed by atoms with Crippen LogP contribution in [-0.4, -0.2) is 30.5 Å². The van der Waals surface area contributed by atoms with Crippen LogP contribution in [0.4, 0.5) is 0 Å². The number of nitrogens with zero attached hydrogens (tertiary/aromatic N) is 1. The fraction of sp³-hybridized carbons (Fsp3) is 0.133. The van der Waals surface area contributed by atoms with Crippen molar-refractivity contribution in [1.82, 2.24) is 15.8 Å². The predicted octanol–water partition coefficient (Wildman–Crippen LogP) is 0.930. The Bertz CT molecular complexity index is 646. The summed E-state index contributed by atoms with van der Waals surface area (Å²) in [4.78, 5) is 27.2. The van der Waals surface area contributed by atoms with E-state index in [1.165, 1.54) is 19.4 Å². The topological polar surface area (TPSA) is 89.5 Å². The summed E-state index contributed by atoms with van der Waals surface area (Å²) in [5.41, 5.74) is 4.70. The number of hydrogen-bond acceptors (Lipinski definition) is 5. The van der Waals surface area contributed by atoms with E-state index >= 15 is 0 Å². The summed E-state index contributed by atoms with van der Waals surface area (Å²) in [6, 6.07) is 11.9. The van der Waals surface area contributed by atoms with Gasteiger partial charge in [0, 0.05) is 6.20 Å². The zero-order chi connectivity index (χ0) is 15.8. The van der Waals surface area contributed by atoms with Gasteiger partial charge in [-0.05, 0) is 24.3 Å². The molecule has 2 amide bonds. The lowest BCUT2D eigenvalue weighted by Gasteiger charge is -2.10. The number of carbonyl (C=O) groups is 2. The molecule has 2 aromatic rings. The van der Waals surface area contributed by atoms with Gasteiger partial charge in [-0.1, -0.05) is 18.2 Å². The number of pyridine rings is 1. The Morgan fingerprint density at radius 2 is 1.77 bits per heavy atom. The predicted molar refractivity (Wildman–Crippen MR) is 78.3 cm³/mol. The molecular weight excluding hydrogens is 286 g/mol. The number of hydrazine groups is 1. The number of methoxy groups -OCH3 is 1. The lowest BCUT2D eigenvalue weighted by Crippen LogP contribution is -2.44. The highest BCUT2D eigenvalue weighted by atomic mass is 16.5. The molecule has 0 aliphatic rings. The van der Waals surface area contributed by atoms with Crippen LogP contribution >= 0.6 is 0 Å². The Balaban J connectivity index is 1.80. The number of ether oxygens (including phenoxy) is 2. The van der Waals surface area contributed by atoms with Crippen LogP contribution < -0.4 is 20.3 Å². The van der Waals surface area contributed by atoms with Crippen molar-refractivity contribution in [3.05, 3.63) is 54.4 Å². The number of rotatable bonds is 5. The van der Waals surface area contributed by atoms with Crippen molar-refractivity contribution in [3.63, 3.8) is 0 Å². The van der Waals surface area contributed by atoms with E-state index in [2.05, 4.69) is 15.8 Å². The average molecular weight is 301 g/mol. The van der Waals surface area contributed by atoms with Crippen LogP contribution in [0.15, 0.2) is 48.7 Å². The molecule has 0 unspecified atom stereocenters. The summed E-state index contributed by atoms with van der Waals surface area (Å²) in [6.45, 7) is -0.261. The van der Waals surface area contributed by atoms with E-state index in [1.807, 2.05) is 0 Å². The fourth-order valence-corrected chi connectivity index (χ4v) is 1.61. The van der Waals surface area contributed by atoms with Crippen LogP contribution in [0.5, 0.6) is 11.5 Å². The van der Waals surface area contributed by atoms with Gasteiger partial charge in [-0.15, -0.1) is 0 Å². The summed E-state index contributed by atoms with van der Waals surface area (Å²) in [5.74, 6) is -0.0505. The van der Waals surface area contributed by atoms with Gasteiger partial charge in [0.2, 0.25) is 0 Å². The zero-order valence-corrected chi connectivity index (χ0v) is 11.9. The largest absolute Gasteiger partial charge is 0.493 e. The van der Waals surface area contributed by atoms with Gasteiger partial charge in [-0.25, -0.2) is 0 Å². The third-order valence-electron chi connectivity index (χ3n) is 2.64. The third-order valence-corrected chi connectivity index (χ3v) is 2.64. The Morgan fingerprint density at radius 1 is 1.05 bits per heavy atom. The van der Waals surface area contributed by atoms with E-state index in [4.69, 9.17) is 9.47 Å². The lowest BCUT2D eigenvalue weighted by atomic mass is 10.3. The molecule has 0 aliphatic carbocycles. The standard InChI is InChI=1S/C15H15N3O4/c1-21-12-7-2-3-8-13(12)22-10-14(19)17-18-15(20)11-6-4-5-9-16-11/h2-9H,10H2,1H3,(H,17,19)(H,18,20). The molecule has 2 rings (SSSR count). The van der Waals surface area contributed by atoms with E-state index in [1.54, 1.807) is 36.4 Å². The van der Waals surface area contributed by atoms with Crippen LogP contribution in [0.3, 0.4) is 0 Å². The van der Waals surface area contributed by atoms with E-state index in [-0.39, 0.29) is 12.3 Å². The van der Waals surface area contributed by atoms with E-state index in [9.17, 15) is 9.59 Å². The van der Waals surface area contributed by atoms with Gasteiger partial charge in [-0.2, -0.15) is 0 Å². The van der Waals surface area contributed by atoms with Crippen molar-refractivity contribution in [2.24, 2.45) is 0 Å². The number of carbonyl (C=O) groups excluding carboxylic acids is 2. The quantitative estimate of drug-likeness (QED) is 0.802. The molecule has 114 valence electrons. The molecule has 7 heteroatoms. The molecule has 0 atom stereocenters. The van der Waals surface area contributed by atoms with E-state index < -0.39 is 11.8 Å². The number of amides is 2. The third kappa shape index (κ3) is 4.20. The second kappa shape index (κ2) is 7.63. The van der Waals surface area contributed by atoms with Gasteiger partial charge in [0.05, 0.1) is 7.11 Å². The van der Waals surface area contributed by atoms with Crippen molar-refractivity contribution in [2.45, 2.75) is 0 Å². The van der Waals surface area contributed by atoms with Crippen LogP contribution in [0.1, 0.15) is 10.5 Å². The number of hydrogen-bond donors (Lipinski definition) is 2. The van der Waals surface area contributed by atoms with Crippen molar-refractivity contribution in [2.75, 3.05) is 13.7 Å². The number of aromatic nitrogens is 1. The summed E-state index contributed by atoms with van der Waals surface area (Å²) >= 11 is 0. The van der Waals surface area contributed by atoms with Gasteiger partial charge in [0.25, 0.3) is 11.8 Å². The van der Waals surface area contributed by atoms with E-state index in [0.717, 1.165) is 0 Å². The molecule has 7 nitrogen and oxygen atoms in total. The second-order valence-corrected chi connectivity index (χ2v) is 4.16. The molecule has 0 aliphatic heterocycles. The first kappa shape index (κ1) is 15.3. The maximum atomic E-state index is 11.7. The molecule has 0 bridgehead atoms. The first-order valence-corrected chi connectivity index (χ1v) is 6.46. The van der Waals surface area contributed by atoms with Gasteiger partial charge in [0.15, 0.2) is 18.1 Å². The van der Waals surface area contributed by atoms with Crippen LogP contribution in [0.25, 0.3) is 0 Å². The number of benzene rings is 1. The van der Waals surface area contributed by atoms with Crippen molar-refractivity contribution in [1.29, 1.82) is 0 Å². The van der Waals surface area contributed by atoms with E-state index in [0.29, 0.717) is 11.5 Å². The molecular formula is C15H15N3O4. The zero-order valence-electron chi connectivity index (χ0n) is 11.9. The SMILES string of the molecule is COc1ccccc1OCC(=O)NNC(=O)c1ccccn1. The minimum atomic E-state index is -0.508. The number of para-hydroxylation sites is 2. The van der Waals surface area contributed by atoms with Crippen molar-refractivity contribution in [3.8, 4) is 11.5 Å². The van der Waals surface area contributed by atoms with Gasteiger partial charge in [-0.3, -0.25) is 25.4 Å². The highest BCUT2D eigenvalue weighted by molar-refractivity contribution is 5.93. The molecule has 2 N–H and O–H groups in total. The van der Waals surface area contributed by atoms with Crippen LogP contribution in [0.2, 0.25) is 0 Å². The molecule has 1 aromatic carbocycles. The average Bonchev–Trinajstić information content (AvgIpc) is 2.58.